The lowest BCUT2D eigenvalue weighted by atomic mass is 9.78. The number of hydroxylamine groups is 2. The summed E-state index contributed by atoms with van der Waals surface area (Å²) in [5.74, 6) is 2.40. The van der Waals surface area contributed by atoms with Gasteiger partial charge in [0.15, 0.2) is 5.82 Å². The lowest BCUT2D eigenvalue weighted by molar-refractivity contribution is -0.155. The average molecular weight is 543 g/mol. The van der Waals surface area contributed by atoms with Crippen LogP contribution in [0.2, 0.25) is 5.02 Å². The molecule has 0 atom stereocenters. The number of methoxy groups -OCH3 is 1. The summed E-state index contributed by atoms with van der Waals surface area (Å²) >= 11 is 6.34. The van der Waals surface area contributed by atoms with Crippen molar-refractivity contribution in [3.8, 4) is 11.4 Å². The van der Waals surface area contributed by atoms with Crippen LogP contribution in [-0.2, 0) is 22.7 Å². The highest BCUT2D eigenvalue weighted by Gasteiger charge is 2.33. The molecule has 38 heavy (non-hydrogen) atoms. The second kappa shape index (κ2) is 10.5. The zero-order chi connectivity index (χ0) is 27.0. The van der Waals surface area contributed by atoms with E-state index in [0.29, 0.717) is 17.4 Å². The predicted molar refractivity (Wildman–Crippen MR) is 140 cm³/mol. The first kappa shape index (κ1) is 26.4. The van der Waals surface area contributed by atoms with Crippen molar-refractivity contribution in [1.82, 2.24) is 19.8 Å². The summed E-state index contributed by atoms with van der Waals surface area (Å²) in [4.78, 5) is 18.0. The van der Waals surface area contributed by atoms with E-state index in [1.807, 2.05) is 18.2 Å². The van der Waals surface area contributed by atoms with Crippen molar-refractivity contribution in [3.63, 3.8) is 0 Å². The molecule has 1 fully saturated rings. The van der Waals surface area contributed by atoms with Gasteiger partial charge in [-0.2, -0.15) is 0 Å². The third-order valence-electron chi connectivity index (χ3n) is 7.02. The van der Waals surface area contributed by atoms with Gasteiger partial charge in [-0.3, -0.25) is 4.57 Å². The van der Waals surface area contributed by atoms with Gasteiger partial charge in [-0.15, -0.1) is 15.3 Å². The quantitative estimate of drug-likeness (QED) is 0.340. The summed E-state index contributed by atoms with van der Waals surface area (Å²) in [6, 6.07) is 10.4. The molecule has 10 heteroatoms. The van der Waals surface area contributed by atoms with Gasteiger partial charge in [0.05, 0.1) is 25.9 Å². The van der Waals surface area contributed by atoms with Crippen molar-refractivity contribution in [1.29, 1.82) is 0 Å². The molecule has 3 aromatic rings. The zero-order valence-electron chi connectivity index (χ0n) is 22.0. The van der Waals surface area contributed by atoms with E-state index in [-0.39, 0.29) is 24.2 Å². The first-order valence-corrected chi connectivity index (χ1v) is 13.2. The first-order chi connectivity index (χ1) is 18.1. The minimum absolute atomic E-state index is 0.175. The van der Waals surface area contributed by atoms with E-state index in [0.717, 1.165) is 54.1 Å². The fourth-order valence-electron chi connectivity index (χ4n) is 5.39. The molecule has 0 bridgehead atoms. The van der Waals surface area contributed by atoms with Crippen LogP contribution in [-0.4, -0.2) is 38.7 Å². The SMILES string of the molecule is COc1ccc(F)cc1C1CCC(c2nnc3n2-c2ccc(Cl)cc2CN(OC(=O)OC(C)(C)C)C3)CC1. The van der Waals surface area contributed by atoms with Gasteiger partial charge >= 0.3 is 6.16 Å². The van der Waals surface area contributed by atoms with Gasteiger partial charge in [-0.05, 0) is 94.3 Å². The summed E-state index contributed by atoms with van der Waals surface area (Å²) in [7, 11) is 1.62. The highest BCUT2D eigenvalue weighted by molar-refractivity contribution is 6.30. The monoisotopic (exact) mass is 542 g/mol. The number of rotatable bonds is 4. The minimum Gasteiger partial charge on any atom is -0.496 e. The summed E-state index contributed by atoms with van der Waals surface area (Å²) < 4.78 is 26.9. The van der Waals surface area contributed by atoms with Crippen molar-refractivity contribution in [2.75, 3.05) is 7.11 Å². The number of halogens is 2. The van der Waals surface area contributed by atoms with Crippen LogP contribution in [0, 0.1) is 5.82 Å². The third-order valence-corrected chi connectivity index (χ3v) is 7.25. The molecule has 1 saturated carbocycles. The van der Waals surface area contributed by atoms with Crippen LogP contribution in [0.5, 0.6) is 5.75 Å². The number of aromatic nitrogens is 3. The van der Waals surface area contributed by atoms with Crippen LogP contribution < -0.4 is 4.74 Å². The Morgan fingerprint density at radius 1 is 1.03 bits per heavy atom. The highest BCUT2D eigenvalue weighted by atomic mass is 35.5. The predicted octanol–water partition coefficient (Wildman–Crippen LogP) is 6.69. The number of carbonyl (C=O) groups excluding carboxylic acids is 1. The van der Waals surface area contributed by atoms with Gasteiger partial charge in [0.25, 0.3) is 0 Å². The van der Waals surface area contributed by atoms with Gasteiger partial charge in [-0.25, -0.2) is 9.18 Å². The highest BCUT2D eigenvalue weighted by Crippen LogP contribution is 2.44. The van der Waals surface area contributed by atoms with E-state index in [4.69, 9.17) is 25.9 Å². The summed E-state index contributed by atoms with van der Waals surface area (Å²) in [6.45, 7) is 5.92. The molecule has 0 radical (unpaired) electrons. The fourth-order valence-corrected chi connectivity index (χ4v) is 5.58. The number of nitrogens with zero attached hydrogens (tertiary/aromatic N) is 4. The standard InChI is InChI=1S/C28H32ClFN4O4/c1-28(2,3)37-27(35)38-33-15-19-13-20(29)9-11-23(19)34-25(16-33)31-32-26(34)18-7-5-17(6-8-18)22-14-21(30)10-12-24(22)36-4/h9-14,17-18H,5-8,15-16H2,1-4H3. The maximum absolute atomic E-state index is 14.0. The van der Waals surface area contributed by atoms with Crippen LogP contribution in [0.4, 0.5) is 9.18 Å². The number of carbonyl (C=O) groups is 1. The normalized spacial score (nSPS) is 19.7. The van der Waals surface area contributed by atoms with Crippen LogP contribution in [0.15, 0.2) is 36.4 Å². The Hall–Kier alpha value is -3.17. The van der Waals surface area contributed by atoms with Crippen molar-refractivity contribution in [3.05, 3.63) is 70.0 Å². The molecule has 2 aliphatic rings. The number of fused-ring (bicyclic) bond motifs is 3. The topological polar surface area (TPSA) is 78.7 Å². The Morgan fingerprint density at radius 2 is 1.76 bits per heavy atom. The number of ether oxygens (including phenoxy) is 2. The van der Waals surface area contributed by atoms with Crippen LogP contribution in [0.1, 0.15) is 81.1 Å². The second-order valence-electron chi connectivity index (χ2n) is 10.9. The summed E-state index contributed by atoms with van der Waals surface area (Å²) in [5, 5.41) is 11.2. The Labute approximate surface area is 226 Å². The fraction of sp³-hybridized carbons (Fsp3) is 0.464. The van der Waals surface area contributed by atoms with Gasteiger partial charge < -0.3 is 14.3 Å². The molecule has 2 heterocycles. The first-order valence-electron chi connectivity index (χ1n) is 12.8. The van der Waals surface area contributed by atoms with E-state index in [1.165, 1.54) is 11.1 Å². The molecule has 1 aliphatic heterocycles. The molecule has 8 nitrogen and oxygen atoms in total. The minimum atomic E-state index is -0.777. The Balaban J connectivity index is 1.40. The summed E-state index contributed by atoms with van der Waals surface area (Å²) in [5.41, 5.74) is 2.04. The lowest BCUT2D eigenvalue weighted by Gasteiger charge is -2.29. The van der Waals surface area contributed by atoms with Crippen LogP contribution >= 0.6 is 11.6 Å². The number of benzene rings is 2. The molecule has 0 saturated heterocycles. The smallest absolute Gasteiger partial charge is 0.496 e. The molecule has 1 aromatic heterocycles. The van der Waals surface area contributed by atoms with Gasteiger partial charge in [0.2, 0.25) is 0 Å². The Bertz CT molecular complexity index is 1330. The maximum Gasteiger partial charge on any atom is 0.528 e. The molecule has 0 N–H and O–H groups in total. The molecule has 0 amide bonds. The van der Waals surface area contributed by atoms with Crippen molar-refractivity contribution in [2.24, 2.45) is 0 Å². The molecule has 0 unspecified atom stereocenters. The summed E-state index contributed by atoms with van der Waals surface area (Å²) in [6.07, 6.45) is 2.75. The van der Waals surface area contributed by atoms with Gasteiger partial charge in [0, 0.05) is 16.5 Å². The number of hydrogen-bond acceptors (Lipinski definition) is 7. The zero-order valence-corrected chi connectivity index (χ0v) is 22.8. The molecule has 1 aliphatic carbocycles. The van der Waals surface area contributed by atoms with E-state index in [1.54, 1.807) is 40.0 Å². The molecule has 5 rings (SSSR count). The molecular formula is C28H32ClFN4O4. The van der Waals surface area contributed by atoms with Crippen LogP contribution in [0.25, 0.3) is 5.69 Å². The van der Waals surface area contributed by atoms with E-state index in [9.17, 15) is 9.18 Å². The largest absolute Gasteiger partial charge is 0.528 e. The molecular weight excluding hydrogens is 511 g/mol. The molecule has 2 aromatic carbocycles. The molecule has 0 spiro atoms. The van der Waals surface area contributed by atoms with Gasteiger partial charge in [-0.1, -0.05) is 11.6 Å². The Kier molecular flexibility index (Phi) is 7.33. The maximum atomic E-state index is 14.0. The van der Waals surface area contributed by atoms with Gasteiger partial charge in [0.1, 0.15) is 23.0 Å². The van der Waals surface area contributed by atoms with Crippen molar-refractivity contribution >= 4 is 17.8 Å². The van der Waals surface area contributed by atoms with Crippen molar-refractivity contribution in [2.45, 2.75) is 77.0 Å². The third kappa shape index (κ3) is 5.63. The second-order valence-corrected chi connectivity index (χ2v) is 11.3. The lowest BCUT2D eigenvalue weighted by Crippen LogP contribution is -2.31. The molecule has 202 valence electrons. The Morgan fingerprint density at radius 3 is 2.47 bits per heavy atom. The van der Waals surface area contributed by atoms with E-state index < -0.39 is 11.8 Å². The van der Waals surface area contributed by atoms with E-state index in [2.05, 4.69) is 14.8 Å². The van der Waals surface area contributed by atoms with Crippen LogP contribution in [0.3, 0.4) is 0 Å². The van der Waals surface area contributed by atoms with E-state index >= 15 is 0 Å². The van der Waals surface area contributed by atoms with Crippen molar-refractivity contribution < 1.29 is 23.5 Å². The average Bonchev–Trinajstić information content (AvgIpc) is 3.19. The number of hydrogen-bond donors (Lipinski definition) is 0.